The van der Waals surface area contributed by atoms with Crippen LogP contribution in [0.1, 0.15) is 90.7 Å². The van der Waals surface area contributed by atoms with Gasteiger partial charge < -0.3 is 34.0 Å². The van der Waals surface area contributed by atoms with E-state index in [1.165, 1.54) is 16.0 Å². The number of methoxy groups -OCH3 is 1. The maximum Gasteiger partial charge on any atom is 0.259 e. The molecule has 67 heavy (non-hydrogen) atoms. The Bertz CT molecular complexity index is 2520. The van der Waals surface area contributed by atoms with Gasteiger partial charge in [-0.3, -0.25) is 29.2 Å². The van der Waals surface area contributed by atoms with Crippen LogP contribution in [-0.2, 0) is 52.8 Å². The Kier molecular flexibility index (Phi) is 14.9. The maximum absolute atomic E-state index is 14.9. The first-order valence-electron chi connectivity index (χ1n) is 23.8. The van der Waals surface area contributed by atoms with Crippen molar-refractivity contribution in [3.05, 3.63) is 90.3 Å². The third kappa shape index (κ3) is 9.98. The Labute approximate surface area is 395 Å². The Morgan fingerprint density at radius 2 is 1.84 bits per heavy atom. The highest BCUT2D eigenvalue weighted by Gasteiger charge is 2.44. The second-order valence-corrected chi connectivity index (χ2v) is 19.9. The number of aromatic nitrogens is 2. The van der Waals surface area contributed by atoms with Gasteiger partial charge in [0.25, 0.3) is 5.91 Å². The fourth-order valence-electron chi connectivity index (χ4n) is 10.6. The molecule has 0 radical (unpaired) electrons. The molecule has 3 aliphatic heterocycles. The molecule has 6 atom stereocenters. The van der Waals surface area contributed by atoms with Crippen molar-refractivity contribution < 1.29 is 33.4 Å². The van der Waals surface area contributed by atoms with Crippen LogP contribution in [0, 0.1) is 17.3 Å². The number of hydrogen-bond acceptors (Lipinski definition) is 9. The number of aldehydes is 1. The number of carbonyl (C=O) groups is 5. The highest BCUT2D eigenvalue weighted by Crippen LogP contribution is 2.42. The van der Waals surface area contributed by atoms with Gasteiger partial charge in [0.2, 0.25) is 17.7 Å². The van der Waals surface area contributed by atoms with Crippen LogP contribution >= 0.6 is 0 Å². The van der Waals surface area contributed by atoms with E-state index in [1.54, 1.807) is 25.3 Å². The topological polar surface area (TPSA) is 155 Å². The fourth-order valence-corrected chi connectivity index (χ4v) is 10.6. The minimum absolute atomic E-state index is 0.0341. The predicted molar refractivity (Wildman–Crippen MR) is 259 cm³/mol. The number of likely N-dealkylation sites (tertiary alicyclic amines) is 1. The van der Waals surface area contributed by atoms with E-state index in [0.29, 0.717) is 45.4 Å². The molecular weight excluding hydrogens is 847 g/mol. The number of ether oxygens (including phenoxy) is 2. The van der Waals surface area contributed by atoms with Crippen molar-refractivity contribution in [1.29, 1.82) is 0 Å². The maximum atomic E-state index is 14.9. The van der Waals surface area contributed by atoms with Crippen molar-refractivity contribution >= 4 is 40.8 Å². The summed E-state index contributed by atoms with van der Waals surface area (Å²) in [4.78, 5) is 77.2. The molecule has 4 aromatic rings. The normalized spacial score (nSPS) is 23.1. The molecule has 1 unspecified atom stereocenters. The molecule has 14 nitrogen and oxygen atoms in total. The fraction of sp³-hybridized carbons (Fsp3) is 0.509. The van der Waals surface area contributed by atoms with Crippen LogP contribution in [0.2, 0.25) is 0 Å². The number of likely N-dealkylation sites (N-methyl/N-ethyl adjacent to an activating group) is 1. The van der Waals surface area contributed by atoms with E-state index in [2.05, 4.69) is 79.1 Å². The summed E-state index contributed by atoms with van der Waals surface area (Å²) in [5, 5.41) is 5.65. The summed E-state index contributed by atoms with van der Waals surface area (Å²) in [7, 11) is 3.32. The Hall–Kier alpha value is -5.70. The first kappa shape index (κ1) is 49.2. The van der Waals surface area contributed by atoms with Gasteiger partial charge in [-0.1, -0.05) is 64.6 Å². The minimum atomic E-state index is -1.19. The summed E-state index contributed by atoms with van der Waals surface area (Å²) in [6.45, 7) is 19.5. The average molecular weight is 916 g/mol. The van der Waals surface area contributed by atoms with Gasteiger partial charge in [-0.15, -0.1) is 0 Å². The summed E-state index contributed by atoms with van der Waals surface area (Å²) < 4.78 is 14.7. The molecule has 2 fully saturated rings. The van der Waals surface area contributed by atoms with Gasteiger partial charge in [-0.2, -0.15) is 0 Å². The largest absolute Gasteiger partial charge is 0.378 e. The zero-order chi connectivity index (χ0) is 48.4. The van der Waals surface area contributed by atoms with E-state index in [4.69, 9.17) is 14.5 Å². The monoisotopic (exact) mass is 916 g/mol. The lowest BCUT2D eigenvalue weighted by atomic mass is 9.84. The molecule has 2 saturated heterocycles. The van der Waals surface area contributed by atoms with Gasteiger partial charge in [0.1, 0.15) is 23.9 Å². The third-order valence-electron chi connectivity index (χ3n) is 14.2. The van der Waals surface area contributed by atoms with Gasteiger partial charge in [0.05, 0.1) is 36.6 Å². The molecule has 0 spiro atoms. The second kappa shape index (κ2) is 20.3. The number of amides is 4. The number of aryl methyl sites for hydroxylation is 1. The standard InChI is InChI=1S/C53H69N7O7/c1-11-45(62)59-25-21-39(34(59)5)50(64)57(9)47(33(3)4)49(63)55-43-27-36-16-13-17-37(26-36)38-19-20-44-41(28-38)42(48(58(44)12-2)40-18-14-23-54-46(40)35(6)66-10)29-52(7,8)31-67-32-53(30-61)22-15-24-60(56-53)51(43)65/h11,13-14,16-20,23,26,28,30,33-35,39,43,47,56H,1,12,15,21-22,24-25,27,29,31-32H2,2-10H3,(H,55,63)/t34-,35+,39+,43+,47+,53?/m1/s1. The lowest BCUT2D eigenvalue weighted by Crippen LogP contribution is -2.66. The zero-order valence-corrected chi connectivity index (χ0v) is 40.8. The first-order chi connectivity index (χ1) is 32.0. The van der Waals surface area contributed by atoms with Crippen LogP contribution in [0.15, 0.2) is 73.4 Å². The lowest BCUT2D eigenvalue weighted by Gasteiger charge is -2.42. The van der Waals surface area contributed by atoms with Gasteiger partial charge >= 0.3 is 0 Å². The number of nitrogens with zero attached hydrogens (tertiary/aromatic N) is 5. The molecule has 5 heterocycles. The van der Waals surface area contributed by atoms with Crippen LogP contribution < -0.4 is 10.7 Å². The highest BCUT2D eigenvalue weighted by molar-refractivity contribution is 5.96. The Morgan fingerprint density at radius 3 is 2.54 bits per heavy atom. The molecule has 2 N–H and O–H groups in total. The molecule has 7 rings (SSSR count). The van der Waals surface area contributed by atoms with E-state index >= 15 is 0 Å². The molecule has 6 bridgehead atoms. The number of fused-ring (bicyclic) bond motifs is 6. The molecule has 0 aliphatic carbocycles. The summed E-state index contributed by atoms with van der Waals surface area (Å²) in [5.41, 5.74) is 9.63. The van der Waals surface area contributed by atoms with Crippen molar-refractivity contribution in [2.75, 3.05) is 40.5 Å². The number of nitrogens with one attached hydrogen (secondary N) is 2. The first-order valence-corrected chi connectivity index (χ1v) is 23.8. The smallest absolute Gasteiger partial charge is 0.259 e. The average Bonchev–Trinajstić information content (AvgIpc) is 3.85. The van der Waals surface area contributed by atoms with Crippen molar-refractivity contribution in [2.45, 2.75) is 117 Å². The summed E-state index contributed by atoms with van der Waals surface area (Å²) in [6.07, 6.45) is 5.90. The molecule has 14 heteroatoms. The Morgan fingerprint density at radius 1 is 1.07 bits per heavy atom. The minimum Gasteiger partial charge on any atom is -0.378 e. The van der Waals surface area contributed by atoms with Gasteiger partial charge in [-0.05, 0) is 110 Å². The summed E-state index contributed by atoms with van der Waals surface area (Å²) >= 11 is 0. The number of benzene rings is 2. The van der Waals surface area contributed by atoms with Crippen LogP contribution in [0.3, 0.4) is 0 Å². The second-order valence-electron chi connectivity index (χ2n) is 19.9. The zero-order valence-electron chi connectivity index (χ0n) is 40.8. The summed E-state index contributed by atoms with van der Waals surface area (Å²) in [6, 6.07) is 16.3. The van der Waals surface area contributed by atoms with E-state index in [0.717, 1.165) is 62.9 Å². The van der Waals surface area contributed by atoms with E-state index in [-0.39, 0.29) is 42.9 Å². The van der Waals surface area contributed by atoms with Gasteiger partial charge in [0.15, 0.2) is 0 Å². The molecule has 2 aromatic heterocycles. The number of carbonyl (C=O) groups excluding carboxylic acids is 5. The lowest BCUT2D eigenvalue weighted by molar-refractivity contribution is -0.149. The molecule has 3 aliphatic rings. The SMILES string of the molecule is C=CC(=O)N1CC[C@H](C(=O)N(C)[C@H](C(=O)N[C@H]2Cc3cccc(c3)-c3ccc4c(c3)c(c(-c3cccnc3[C@H](C)OC)n4CC)CC(C)(C)COCC3(C=O)CCCN(N3)C2=O)C(C)C)[C@H]1C. The van der Waals surface area contributed by atoms with Gasteiger partial charge in [-0.25, -0.2) is 5.43 Å². The molecule has 358 valence electrons. The number of rotatable bonds is 11. The van der Waals surface area contributed by atoms with E-state index in [1.807, 2.05) is 45.9 Å². The molecular formula is C53H69N7O7. The molecule has 4 amide bonds. The number of hydrogen-bond donors (Lipinski definition) is 2. The van der Waals surface area contributed by atoms with Crippen LogP contribution in [0.4, 0.5) is 0 Å². The van der Waals surface area contributed by atoms with Crippen molar-refractivity contribution in [1.82, 2.24) is 35.1 Å². The van der Waals surface area contributed by atoms with Crippen molar-refractivity contribution in [3.8, 4) is 22.4 Å². The number of pyridine rings is 1. The third-order valence-corrected chi connectivity index (χ3v) is 14.2. The quantitative estimate of drug-likeness (QED) is 0.124. The van der Waals surface area contributed by atoms with Crippen molar-refractivity contribution in [3.63, 3.8) is 0 Å². The highest BCUT2D eigenvalue weighted by atomic mass is 16.5. The van der Waals surface area contributed by atoms with Crippen LogP contribution in [0.5, 0.6) is 0 Å². The van der Waals surface area contributed by atoms with Crippen LogP contribution in [-0.4, -0.2) is 118 Å². The summed E-state index contributed by atoms with van der Waals surface area (Å²) in [5.74, 6) is -2.17. The van der Waals surface area contributed by atoms with E-state index in [9.17, 15) is 24.0 Å². The molecule has 2 aromatic carbocycles. The van der Waals surface area contributed by atoms with Gasteiger partial charge in [0, 0.05) is 68.9 Å². The van der Waals surface area contributed by atoms with Crippen molar-refractivity contribution in [2.24, 2.45) is 17.3 Å². The predicted octanol–water partition coefficient (Wildman–Crippen LogP) is 6.69. The Balaban J connectivity index is 1.30. The molecule has 0 saturated carbocycles. The number of hydrazine groups is 1. The van der Waals surface area contributed by atoms with Crippen LogP contribution in [0.25, 0.3) is 33.3 Å². The van der Waals surface area contributed by atoms with E-state index < -0.39 is 40.8 Å².